The van der Waals surface area contributed by atoms with Crippen LogP contribution in [0.5, 0.6) is 0 Å². The molecule has 0 spiro atoms. The minimum Gasteiger partial charge on any atom is -0.478 e. The van der Waals surface area contributed by atoms with Gasteiger partial charge in [0.1, 0.15) is 0 Å². The fraction of sp³-hybridized carbons (Fsp3) is 0.222. The van der Waals surface area contributed by atoms with Crippen LogP contribution in [0.2, 0.25) is 6.82 Å². The summed E-state index contributed by atoms with van der Waals surface area (Å²) >= 11 is 0. The van der Waals surface area contributed by atoms with Gasteiger partial charge in [0.05, 0.1) is 13.4 Å². The first kappa shape index (κ1) is 10.8. The summed E-state index contributed by atoms with van der Waals surface area (Å²) in [6.07, 6.45) is 0. The number of hydrogen-bond acceptors (Lipinski definition) is 1. The van der Waals surface area contributed by atoms with Gasteiger partial charge in [-0.2, -0.15) is 0 Å². The molecule has 0 atom stereocenters. The molecule has 0 heterocycles. The van der Waals surface area contributed by atoms with Crippen LogP contribution in [0.1, 0.15) is 15.9 Å². The lowest BCUT2D eigenvalue weighted by atomic mass is 10.2. The van der Waals surface area contributed by atoms with E-state index in [0.717, 1.165) is 5.56 Å². The lowest BCUT2D eigenvalue weighted by Gasteiger charge is -1.92. The molecule has 62 valence electrons. The zero-order chi connectivity index (χ0) is 9.56. The fourth-order valence-electron chi connectivity index (χ4n) is 0.696. The van der Waals surface area contributed by atoms with Gasteiger partial charge in [0.15, 0.2) is 0 Å². The maximum absolute atomic E-state index is 10.3. The summed E-state index contributed by atoms with van der Waals surface area (Å²) in [7, 11) is 4.50. The highest BCUT2D eigenvalue weighted by molar-refractivity contribution is 6.05. The van der Waals surface area contributed by atoms with Crippen LogP contribution in [-0.4, -0.2) is 18.9 Å². The van der Waals surface area contributed by atoms with E-state index in [4.69, 9.17) is 5.11 Å². The number of aromatic carboxylic acids is 1. The lowest BCUT2D eigenvalue weighted by Crippen LogP contribution is -1.94. The monoisotopic (exact) mass is 162 g/mol. The average molecular weight is 162 g/mol. The summed E-state index contributed by atoms with van der Waals surface area (Å²) in [6, 6.07) is 6.75. The van der Waals surface area contributed by atoms with Crippen molar-refractivity contribution in [3.63, 3.8) is 0 Å². The number of hydrogen-bond donors (Lipinski definition) is 1. The second-order valence-electron chi connectivity index (χ2n) is 2.17. The number of benzene rings is 1. The van der Waals surface area contributed by atoms with Crippen LogP contribution in [-0.2, 0) is 0 Å². The van der Waals surface area contributed by atoms with Crippen molar-refractivity contribution in [2.75, 3.05) is 0 Å². The molecule has 3 heteroatoms. The Morgan fingerprint density at radius 1 is 1.25 bits per heavy atom. The van der Waals surface area contributed by atoms with Crippen molar-refractivity contribution in [1.29, 1.82) is 0 Å². The number of carboxylic acid groups (broad SMARTS) is 1. The highest BCUT2D eigenvalue weighted by Crippen LogP contribution is 2.01. The summed E-state index contributed by atoms with van der Waals surface area (Å²) in [5.41, 5.74) is 1.41. The molecule has 1 N–H and O–H groups in total. The van der Waals surface area contributed by atoms with Crippen LogP contribution in [0, 0.1) is 6.92 Å². The van der Waals surface area contributed by atoms with E-state index in [1.165, 1.54) is 6.82 Å². The van der Waals surface area contributed by atoms with Crippen molar-refractivity contribution in [3.05, 3.63) is 35.4 Å². The van der Waals surface area contributed by atoms with Crippen LogP contribution in [0.15, 0.2) is 24.3 Å². The van der Waals surface area contributed by atoms with E-state index in [1.807, 2.05) is 6.92 Å². The Balaban J connectivity index is 0.000000561. The molecule has 0 aliphatic rings. The molecule has 0 bridgehead atoms. The van der Waals surface area contributed by atoms with Gasteiger partial charge >= 0.3 is 5.97 Å². The van der Waals surface area contributed by atoms with Gasteiger partial charge in [-0.05, 0) is 19.1 Å². The normalized spacial score (nSPS) is 8.17. The van der Waals surface area contributed by atoms with Gasteiger partial charge in [0, 0.05) is 0 Å². The molecule has 2 nitrogen and oxygen atoms in total. The van der Waals surface area contributed by atoms with E-state index >= 15 is 0 Å². The maximum atomic E-state index is 10.3. The van der Waals surface area contributed by atoms with Crippen LogP contribution in [0.4, 0.5) is 0 Å². The van der Waals surface area contributed by atoms with E-state index in [2.05, 4.69) is 7.85 Å². The molecule has 0 saturated heterocycles. The third-order valence-electron chi connectivity index (χ3n) is 1.30. The smallest absolute Gasteiger partial charge is 0.335 e. The molecule has 1 aromatic rings. The number of rotatable bonds is 1. The van der Waals surface area contributed by atoms with Crippen LogP contribution < -0.4 is 0 Å². The first-order valence-electron chi connectivity index (χ1n) is 3.58. The zero-order valence-corrected chi connectivity index (χ0v) is 7.24. The van der Waals surface area contributed by atoms with Crippen LogP contribution in [0.25, 0.3) is 0 Å². The van der Waals surface area contributed by atoms with E-state index in [1.54, 1.807) is 24.3 Å². The van der Waals surface area contributed by atoms with Gasteiger partial charge in [-0.3, -0.25) is 0 Å². The van der Waals surface area contributed by atoms with Crippen molar-refractivity contribution in [2.24, 2.45) is 0 Å². The predicted molar refractivity (Wildman–Crippen MR) is 49.8 cm³/mol. The first-order valence-corrected chi connectivity index (χ1v) is 3.58. The van der Waals surface area contributed by atoms with Gasteiger partial charge in [0.25, 0.3) is 0 Å². The molecular formula is C9H11BO2. The SMILES string of the molecule is Cc1ccc(C(=O)O)cc1.[B]C. The van der Waals surface area contributed by atoms with Gasteiger partial charge < -0.3 is 5.11 Å². The molecule has 0 aromatic heterocycles. The zero-order valence-electron chi connectivity index (χ0n) is 7.24. The highest BCUT2D eigenvalue weighted by Gasteiger charge is 1.98. The van der Waals surface area contributed by atoms with Crippen molar-refractivity contribution in [1.82, 2.24) is 0 Å². The molecule has 2 radical (unpaired) electrons. The Morgan fingerprint density at radius 3 is 2.00 bits per heavy atom. The van der Waals surface area contributed by atoms with Crippen molar-refractivity contribution in [3.8, 4) is 0 Å². The molecule has 12 heavy (non-hydrogen) atoms. The minimum absolute atomic E-state index is 0.339. The lowest BCUT2D eigenvalue weighted by molar-refractivity contribution is 0.0697. The van der Waals surface area contributed by atoms with E-state index in [-0.39, 0.29) is 0 Å². The number of aryl methyl sites for hydroxylation is 1. The quantitative estimate of drug-likeness (QED) is 0.640. The topological polar surface area (TPSA) is 37.3 Å². The van der Waals surface area contributed by atoms with Crippen molar-refractivity contribution in [2.45, 2.75) is 13.7 Å². The second kappa shape index (κ2) is 5.41. The summed E-state index contributed by atoms with van der Waals surface area (Å²) in [5, 5.41) is 8.48. The summed E-state index contributed by atoms with van der Waals surface area (Å²) in [6.45, 7) is 3.42. The van der Waals surface area contributed by atoms with Gasteiger partial charge in [-0.1, -0.05) is 24.5 Å². The molecule has 0 aliphatic heterocycles. The minimum atomic E-state index is -0.875. The number of carboxylic acids is 1. The van der Waals surface area contributed by atoms with Crippen molar-refractivity contribution < 1.29 is 9.90 Å². The van der Waals surface area contributed by atoms with Gasteiger partial charge in [0.2, 0.25) is 0 Å². The largest absolute Gasteiger partial charge is 0.478 e. The standard InChI is InChI=1S/C8H8O2.CH3B/c1-6-2-4-7(5-3-6)8(9)10;1-2/h2-5H,1H3,(H,9,10);1H3. The van der Waals surface area contributed by atoms with E-state index < -0.39 is 5.97 Å². The first-order chi connectivity index (χ1) is 5.70. The Morgan fingerprint density at radius 2 is 1.67 bits per heavy atom. The van der Waals surface area contributed by atoms with Crippen molar-refractivity contribution >= 4 is 13.8 Å². The molecule has 1 aromatic carbocycles. The third-order valence-corrected chi connectivity index (χ3v) is 1.30. The molecule has 0 fully saturated rings. The third kappa shape index (κ3) is 3.24. The van der Waals surface area contributed by atoms with Crippen LogP contribution in [0.3, 0.4) is 0 Å². The Hall–Kier alpha value is -1.25. The van der Waals surface area contributed by atoms with Gasteiger partial charge in [-0.15, -0.1) is 0 Å². The highest BCUT2D eigenvalue weighted by atomic mass is 16.4. The number of carbonyl (C=O) groups is 1. The average Bonchev–Trinajstić information content (AvgIpc) is 2.09. The molecule has 0 amide bonds. The predicted octanol–water partition coefficient (Wildman–Crippen LogP) is 1.90. The summed E-state index contributed by atoms with van der Waals surface area (Å²) < 4.78 is 0. The summed E-state index contributed by atoms with van der Waals surface area (Å²) in [4.78, 5) is 10.3. The Bertz CT molecular complexity index is 241. The summed E-state index contributed by atoms with van der Waals surface area (Å²) in [5.74, 6) is -0.875. The second-order valence-corrected chi connectivity index (χ2v) is 2.17. The molecule has 1 rings (SSSR count). The molecular weight excluding hydrogens is 151 g/mol. The molecule has 0 unspecified atom stereocenters. The maximum Gasteiger partial charge on any atom is 0.335 e. The van der Waals surface area contributed by atoms with E-state index in [9.17, 15) is 4.79 Å². The fourth-order valence-corrected chi connectivity index (χ4v) is 0.696. The molecule has 0 aliphatic carbocycles. The Kier molecular flexibility index (Phi) is 4.85. The van der Waals surface area contributed by atoms with Crippen LogP contribution >= 0.6 is 0 Å². The van der Waals surface area contributed by atoms with Gasteiger partial charge in [-0.25, -0.2) is 4.79 Å². The van der Waals surface area contributed by atoms with E-state index in [0.29, 0.717) is 5.56 Å². The Labute approximate surface area is 73.6 Å². The molecule has 0 saturated carbocycles.